The second-order valence-corrected chi connectivity index (χ2v) is 3.49. The molecule has 1 aromatic carbocycles. The maximum atomic E-state index is 11.1. The van der Waals surface area contributed by atoms with Gasteiger partial charge in [0.1, 0.15) is 0 Å². The van der Waals surface area contributed by atoms with Gasteiger partial charge in [-0.05, 0) is 30.4 Å². The topological polar surface area (TPSA) is 58.2 Å². The van der Waals surface area contributed by atoms with Crippen LogP contribution in [-0.2, 0) is 9.59 Å². The number of hydrogen-bond acceptors (Lipinski definition) is 2. The molecule has 0 fully saturated rings. The maximum Gasteiger partial charge on any atom is 0.247 e. The molecule has 0 radical (unpaired) electrons. The van der Waals surface area contributed by atoms with Gasteiger partial charge in [-0.3, -0.25) is 9.59 Å². The summed E-state index contributed by atoms with van der Waals surface area (Å²) in [6.45, 7) is 6.67. The predicted octanol–water partition coefficient (Wildman–Crippen LogP) is 2.59. The fourth-order valence-electron chi connectivity index (χ4n) is 1.07. The molecule has 5 heteroatoms. The highest BCUT2D eigenvalue weighted by Crippen LogP contribution is 2.25. The number of amides is 2. The first-order valence-electron chi connectivity index (χ1n) is 4.73. The normalized spacial score (nSPS) is 9.24. The van der Waals surface area contributed by atoms with Crippen molar-refractivity contribution in [2.45, 2.75) is 0 Å². The van der Waals surface area contributed by atoms with E-state index in [1.807, 2.05) is 0 Å². The highest BCUT2D eigenvalue weighted by Gasteiger charge is 2.05. The van der Waals surface area contributed by atoms with Gasteiger partial charge in [0.05, 0.1) is 10.7 Å². The third kappa shape index (κ3) is 3.77. The Morgan fingerprint density at radius 1 is 1.12 bits per heavy atom. The van der Waals surface area contributed by atoms with Crippen molar-refractivity contribution in [3.63, 3.8) is 0 Å². The molecule has 0 aliphatic heterocycles. The minimum Gasteiger partial charge on any atom is -0.322 e. The van der Waals surface area contributed by atoms with Crippen molar-refractivity contribution in [3.05, 3.63) is 48.5 Å². The van der Waals surface area contributed by atoms with Gasteiger partial charge in [0.2, 0.25) is 11.8 Å². The van der Waals surface area contributed by atoms with Crippen LogP contribution in [-0.4, -0.2) is 11.8 Å². The fourth-order valence-corrected chi connectivity index (χ4v) is 1.30. The van der Waals surface area contributed by atoms with E-state index in [2.05, 4.69) is 23.8 Å². The van der Waals surface area contributed by atoms with Gasteiger partial charge in [-0.25, -0.2) is 0 Å². The van der Waals surface area contributed by atoms with Crippen molar-refractivity contribution >= 4 is 34.8 Å². The average Bonchev–Trinajstić information content (AvgIpc) is 2.32. The third-order valence-corrected chi connectivity index (χ3v) is 2.18. The van der Waals surface area contributed by atoms with Crippen LogP contribution in [0.2, 0.25) is 5.02 Å². The molecule has 2 amide bonds. The molecule has 0 spiro atoms. The molecule has 1 rings (SSSR count). The number of rotatable bonds is 4. The molecule has 88 valence electrons. The van der Waals surface area contributed by atoms with Crippen LogP contribution < -0.4 is 10.6 Å². The Morgan fingerprint density at radius 2 is 1.71 bits per heavy atom. The van der Waals surface area contributed by atoms with Gasteiger partial charge in [0.15, 0.2) is 0 Å². The molecule has 4 nitrogen and oxygen atoms in total. The average molecular weight is 251 g/mol. The number of nitrogens with one attached hydrogen (secondary N) is 2. The molecule has 1 aromatic rings. The lowest BCUT2D eigenvalue weighted by molar-refractivity contribution is -0.112. The number of carbonyl (C=O) groups excluding carboxylic acids is 2. The Bertz CT molecular complexity index is 483. The Labute approximate surface area is 104 Å². The Balaban J connectivity index is 2.85. The van der Waals surface area contributed by atoms with Crippen LogP contribution in [0.5, 0.6) is 0 Å². The summed E-state index contributed by atoms with van der Waals surface area (Å²) >= 11 is 5.93. The van der Waals surface area contributed by atoms with E-state index in [0.29, 0.717) is 16.4 Å². The molecule has 0 saturated carbocycles. The summed E-state index contributed by atoms with van der Waals surface area (Å²) in [6, 6.07) is 4.73. The van der Waals surface area contributed by atoms with Crippen LogP contribution in [0, 0.1) is 0 Å². The van der Waals surface area contributed by atoms with Gasteiger partial charge in [-0.2, -0.15) is 0 Å². The van der Waals surface area contributed by atoms with Gasteiger partial charge in [-0.15, -0.1) is 0 Å². The summed E-state index contributed by atoms with van der Waals surface area (Å²) in [4.78, 5) is 22.1. The predicted molar refractivity (Wildman–Crippen MR) is 69.1 cm³/mol. The van der Waals surface area contributed by atoms with Gasteiger partial charge >= 0.3 is 0 Å². The van der Waals surface area contributed by atoms with Crippen molar-refractivity contribution in [1.29, 1.82) is 0 Å². The van der Waals surface area contributed by atoms with E-state index in [1.165, 1.54) is 6.07 Å². The van der Waals surface area contributed by atoms with Crippen molar-refractivity contribution in [2.24, 2.45) is 0 Å². The number of benzene rings is 1. The van der Waals surface area contributed by atoms with E-state index in [0.717, 1.165) is 12.2 Å². The summed E-state index contributed by atoms with van der Waals surface area (Å²) < 4.78 is 0. The molecule has 0 aliphatic rings. The minimum atomic E-state index is -0.352. The van der Waals surface area contributed by atoms with Crippen molar-refractivity contribution < 1.29 is 9.59 Å². The molecule has 0 atom stereocenters. The van der Waals surface area contributed by atoms with Crippen LogP contribution in [0.4, 0.5) is 11.4 Å². The van der Waals surface area contributed by atoms with Crippen LogP contribution in [0.25, 0.3) is 0 Å². The fraction of sp³-hybridized carbons (Fsp3) is 0. The van der Waals surface area contributed by atoms with Crippen LogP contribution in [0.15, 0.2) is 43.5 Å². The number of halogens is 1. The highest BCUT2D eigenvalue weighted by molar-refractivity contribution is 6.34. The quantitative estimate of drug-likeness (QED) is 0.807. The lowest BCUT2D eigenvalue weighted by Crippen LogP contribution is -2.09. The van der Waals surface area contributed by atoms with E-state index in [9.17, 15) is 9.59 Å². The lowest BCUT2D eigenvalue weighted by atomic mass is 10.2. The summed E-state index contributed by atoms with van der Waals surface area (Å²) in [7, 11) is 0. The lowest BCUT2D eigenvalue weighted by Gasteiger charge is -2.07. The van der Waals surface area contributed by atoms with Gasteiger partial charge < -0.3 is 10.6 Å². The molecule has 0 saturated heterocycles. The molecule has 0 aliphatic carbocycles. The standard InChI is InChI=1S/C12H11ClN2O2/c1-3-11(16)14-8-5-6-10(9(13)7-8)15-12(17)4-2/h3-7H,1-2H2,(H,14,16)(H,15,17). The summed E-state index contributed by atoms with van der Waals surface area (Å²) in [5.41, 5.74) is 0.977. The molecule has 17 heavy (non-hydrogen) atoms. The number of carbonyl (C=O) groups is 2. The monoisotopic (exact) mass is 250 g/mol. The largest absolute Gasteiger partial charge is 0.322 e. The first-order valence-corrected chi connectivity index (χ1v) is 5.11. The van der Waals surface area contributed by atoms with E-state index in [4.69, 9.17) is 11.6 Å². The molecule has 0 heterocycles. The summed E-state index contributed by atoms with van der Waals surface area (Å²) in [6.07, 6.45) is 2.30. The van der Waals surface area contributed by atoms with Crippen molar-refractivity contribution in [3.8, 4) is 0 Å². The first-order chi connectivity index (χ1) is 8.06. The number of hydrogen-bond donors (Lipinski definition) is 2. The molecule has 0 bridgehead atoms. The molecule has 2 N–H and O–H groups in total. The van der Waals surface area contributed by atoms with E-state index >= 15 is 0 Å². The van der Waals surface area contributed by atoms with Crippen LogP contribution in [0.1, 0.15) is 0 Å². The Hall–Kier alpha value is -2.07. The second-order valence-electron chi connectivity index (χ2n) is 3.08. The van der Waals surface area contributed by atoms with Gasteiger partial charge in [0.25, 0.3) is 0 Å². The minimum absolute atomic E-state index is 0.321. The zero-order chi connectivity index (χ0) is 12.8. The highest BCUT2D eigenvalue weighted by atomic mass is 35.5. The number of anilines is 2. The van der Waals surface area contributed by atoms with Gasteiger partial charge in [-0.1, -0.05) is 24.8 Å². The third-order valence-electron chi connectivity index (χ3n) is 1.87. The SMILES string of the molecule is C=CC(=O)Nc1ccc(NC(=O)C=C)c(Cl)c1. The second kappa shape index (κ2) is 5.86. The Morgan fingerprint density at radius 3 is 2.24 bits per heavy atom. The first kappa shape index (κ1) is 13.0. The maximum absolute atomic E-state index is 11.1. The summed E-state index contributed by atoms with van der Waals surface area (Å²) in [5.74, 6) is -0.682. The zero-order valence-corrected chi connectivity index (χ0v) is 9.75. The van der Waals surface area contributed by atoms with Crippen molar-refractivity contribution in [1.82, 2.24) is 0 Å². The summed E-state index contributed by atoms with van der Waals surface area (Å²) in [5, 5.41) is 5.41. The molecular weight excluding hydrogens is 240 g/mol. The van der Waals surface area contributed by atoms with E-state index < -0.39 is 0 Å². The zero-order valence-electron chi connectivity index (χ0n) is 9.00. The molecule has 0 unspecified atom stereocenters. The van der Waals surface area contributed by atoms with Gasteiger partial charge in [0, 0.05) is 5.69 Å². The van der Waals surface area contributed by atoms with Crippen LogP contribution in [0.3, 0.4) is 0 Å². The Kier molecular flexibility index (Phi) is 4.48. The van der Waals surface area contributed by atoms with E-state index in [-0.39, 0.29) is 11.8 Å². The smallest absolute Gasteiger partial charge is 0.247 e. The van der Waals surface area contributed by atoms with Crippen molar-refractivity contribution in [2.75, 3.05) is 10.6 Å². The van der Waals surface area contributed by atoms with Crippen LogP contribution >= 0.6 is 11.6 Å². The molecule has 0 aromatic heterocycles. The molecular formula is C12H11ClN2O2. The van der Waals surface area contributed by atoms with E-state index in [1.54, 1.807) is 12.1 Å².